The van der Waals surface area contributed by atoms with Gasteiger partial charge in [0.05, 0.1) is 25.0 Å². The molecule has 0 fully saturated rings. The molecule has 1 aliphatic rings. The summed E-state index contributed by atoms with van der Waals surface area (Å²) in [4.78, 5) is 21.0. The maximum Gasteiger partial charge on any atom is 0.251 e. The lowest BCUT2D eigenvalue weighted by atomic mass is 10.1. The Kier molecular flexibility index (Phi) is 6.61. The van der Waals surface area contributed by atoms with E-state index in [9.17, 15) is 9.18 Å². The maximum absolute atomic E-state index is 13.3. The summed E-state index contributed by atoms with van der Waals surface area (Å²) in [5.74, 6) is 0.834. The lowest BCUT2D eigenvalue weighted by Crippen LogP contribution is -2.23. The molecule has 2 N–H and O–H groups in total. The zero-order valence-electron chi connectivity index (χ0n) is 19.5. The number of anilines is 2. The maximum atomic E-state index is 13.3. The van der Waals surface area contributed by atoms with E-state index < -0.39 is 5.95 Å². The number of benzene rings is 2. The number of nitrogens with one attached hydrogen (secondary N) is 2. The first-order valence-corrected chi connectivity index (χ1v) is 11.3. The Balaban J connectivity index is 1.33. The van der Waals surface area contributed by atoms with Gasteiger partial charge in [0.15, 0.2) is 11.5 Å². The van der Waals surface area contributed by atoms with Gasteiger partial charge in [0.2, 0.25) is 11.8 Å². The van der Waals surface area contributed by atoms with Crippen molar-refractivity contribution < 1.29 is 23.4 Å². The van der Waals surface area contributed by atoms with Gasteiger partial charge in [-0.3, -0.25) is 4.79 Å². The molecule has 1 amide bonds. The number of aromatic nitrogens is 2. The van der Waals surface area contributed by atoms with Crippen molar-refractivity contribution in [3.05, 3.63) is 90.0 Å². The molecule has 2 aromatic heterocycles. The second-order valence-corrected chi connectivity index (χ2v) is 7.92. The van der Waals surface area contributed by atoms with E-state index in [-0.39, 0.29) is 12.5 Å². The van der Waals surface area contributed by atoms with Gasteiger partial charge in [-0.25, -0.2) is 9.97 Å². The van der Waals surface area contributed by atoms with Crippen LogP contribution in [0.1, 0.15) is 16.1 Å². The van der Waals surface area contributed by atoms with Crippen molar-refractivity contribution in [2.24, 2.45) is 0 Å². The fourth-order valence-electron chi connectivity index (χ4n) is 3.83. The van der Waals surface area contributed by atoms with Crippen molar-refractivity contribution in [2.75, 3.05) is 25.6 Å². The van der Waals surface area contributed by atoms with Crippen molar-refractivity contribution in [3.8, 4) is 28.6 Å². The third-order valence-electron chi connectivity index (χ3n) is 5.50. The standard InChI is InChI=1S/C27H23FN4O4/c1-34-27-22(12-11-21(32-27)20-8-4-9-23-25(20)36-14-13-35-23)30-18-6-2-5-17(15-18)26(33)29-16-19-7-3-10-24(28)31-19/h2-12,15,30H,13-14,16H2,1H3,(H,29,33). The summed E-state index contributed by atoms with van der Waals surface area (Å²) < 4.78 is 30.3. The summed E-state index contributed by atoms with van der Waals surface area (Å²) in [5.41, 5.74) is 3.67. The van der Waals surface area contributed by atoms with Crippen LogP contribution in [-0.2, 0) is 6.54 Å². The Morgan fingerprint density at radius 3 is 2.69 bits per heavy atom. The van der Waals surface area contributed by atoms with Crippen LogP contribution in [0.2, 0.25) is 0 Å². The molecule has 4 aromatic rings. The van der Waals surface area contributed by atoms with Gasteiger partial charge >= 0.3 is 0 Å². The number of ether oxygens (including phenoxy) is 3. The Labute approximate surface area is 207 Å². The topological polar surface area (TPSA) is 94.6 Å². The van der Waals surface area contributed by atoms with Crippen LogP contribution >= 0.6 is 0 Å². The summed E-state index contributed by atoms with van der Waals surface area (Å²) in [6.07, 6.45) is 0. The molecule has 0 bridgehead atoms. The summed E-state index contributed by atoms with van der Waals surface area (Å²) >= 11 is 0. The molecular weight excluding hydrogens is 463 g/mol. The zero-order chi connectivity index (χ0) is 24.9. The number of hydrogen-bond donors (Lipinski definition) is 2. The fourth-order valence-corrected chi connectivity index (χ4v) is 3.83. The number of nitrogens with zero attached hydrogens (tertiary/aromatic N) is 2. The first-order valence-electron chi connectivity index (χ1n) is 11.3. The molecule has 5 rings (SSSR count). The van der Waals surface area contributed by atoms with Crippen molar-refractivity contribution in [1.82, 2.24) is 15.3 Å². The molecule has 0 spiro atoms. The first kappa shape index (κ1) is 23.1. The molecule has 0 radical (unpaired) electrons. The van der Waals surface area contributed by atoms with Crippen LogP contribution in [0.25, 0.3) is 11.3 Å². The molecule has 3 heterocycles. The molecule has 2 aromatic carbocycles. The van der Waals surface area contributed by atoms with Gasteiger partial charge in [0, 0.05) is 16.8 Å². The molecule has 0 saturated carbocycles. The average Bonchev–Trinajstić information content (AvgIpc) is 2.92. The van der Waals surface area contributed by atoms with Gasteiger partial charge in [0.1, 0.15) is 18.9 Å². The molecule has 9 heteroatoms. The minimum absolute atomic E-state index is 0.116. The molecule has 182 valence electrons. The van der Waals surface area contributed by atoms with Crippen molar-refractivity contribution in [2.45, 2.75) is 6.54 Å². The van der Waals surface area contributed by atoms with Crippen LogP contribution in [0, 0.1) is 5.95 Å². The summed E-state index contributed by atoms with van der Waals surface area (Å²) in [5, 5.41) is 6.01. The molecule has 0 unspecified atom stereocenters. The molecule has 0 aliphatic carbocycles. The minimum Gasteiger partial charge on any atom is -0.486 e. The van der Waals surface area contributed by atoms with Crippen LogP contribution in [0.3, 0.4) is 0 Å². The number of hydrogen-bond acceptors (Lipinski definition) is 7. The minimum atomic E-state index is -0.588. The van der Waals surface area contributed by atoms with Gasteiger partial charge in [-0.05, 0) is 54.6 Å². The van der Waals surface area contributed by atoms with Gasteiger partial charge < -0.3 is 24.8 Å². The van der Waals surface area contributed by atoms with Crippen molar-refractivity contribution in [1.29, 1.82) is 0 Å². The molecule has 0 saturated heterocycles. The van der Waals surface area contributed by atoms with E-state index in [0.29, 0.717) is 58.9 Å². The van der Waals surface area contributed by atoms with Gasteiger partial charge in [-0.15, -0.1) is 0 Å². The van der Waals surface area contributed by atoms with E-state index >= 15 is 0 Å². The van der Waals surface area contributed by atoms with Crippen LogP contribution in [-0.4, -0.2) is 36.2 Å². The number of methoxy groups -OCH3 is 1. The number of para-hydroxylation sites is 1. The lowest BCUT2D eigenvalue weighted by Gasteiger charge is -2.21. The van der Waals surface area contributed by atoms with Crippen LogP contribution in [0.4, 0.5) is 15.8 Å². The van der Waals surface area contributed by atoms with Crippen LogP contribution in [0.15, 0.2) is 72.8 Å². The molecule has 1 aliphatic heterocycles. The van der Waals surface area contributed by atoms with E-state index in [2.05, 4.69) is 20.6 Å². The molecular formula is C27H23FN4O4. The van der Waals surface area contributed by atoms with Crippen LogP contribution in [0.5, 0.6) is 17.4 Å². The highest BCUT2D eigenvalue weighted by Crippen LogP contribution is 2.40. The molecule has 36 heavy (non-hydrogen) atoms. The number of rotatable bonds is 7. The number of amides is 1. The van der Waals surface area contributed by atoms with Gasteiger partial charge in [-0.2, -0.15) is 4.39 Å². The predicted octanol–water partition coefficient (Wildman–Crippen LogP) is 4.74. The fraction of sp³-hybridized carbons (Fsp3) is 0.148. The number of halogens is 1. The lowest BCUT2D eigenvalue weighted by molar-refractivity contribution is 0.0950. The third-order valence-corrected chi connectivity index (χ3v) is 5.50. The Bertz CT molecular complexity index is 1410. The Morgan fingerprint density at radius 1 is 1.00 bits per heavy atom. The second-order valence-electron chi connectivity index (χ2n) is 7.92. The molecule has 0 atom stereocenters. The highest BCUT2D eigenvalue weighted by molar-refractivity contribution is 5.95. The average molecular weight is 487 g/mol. The van der Waals surface area contributed by atoms with Crippen molar-refractivity contribution >= 4 is 17.3 Å². The quantitative estimate of drug-likeness (QED) is 0.365. The largest absolute Gasteiger partial charge is 0.486 e. The Morgan fingerprint density at radius 2 is 1.83 bits per heavy atom. The highest BCUT2D eigenvalue weighted by Gasteiger charge is 2.19. The summed E-state index contributed by atoms with van der Waals surface area (Å²) in [6, 6.07) is 20.8. The van der Waals surface area contributed by atoms with E-state index in [1.165, 1.54) is 6.07 Å². The number of carbonyl (C=O) groups excluding carboxylic acids is 1. The second kappa shape index (κ2) is 10.3. The smallest absolute Gasteiger partial charge is 0.251 e. The zero-order valence-corrected chi connectivity index (χ0v) is 19.5. The third kappa shape index (κ3) is 5.05. The normalized spacial score (nSPS) is 12.1. The highest BCUT2D eigenvalue weighted by atomic mass is 19.1. The van der Waals surface area contributed by atoms with E-state index in [4.69, 9.17) is 14.2 Å². The van der Waals surface area contributed by atoms with E-state index in [0.717, 1.165) is 5.56 Å². The monoisotopic (exact) mass is 486 g/mol. The van der Waals surface area contributed by atoms with E-state index in [1.54, 1.807) is 37.4 Å². The SMILES string of the molecule is COc1nc(-c2cccc3c2OCCO3)ccc1Nc1cccc(C(=O)NCc2cccc(F)n2)c1. The molecule has 8 nitrogen and oxygen atoms in total. The summed E-state index contributed by atoms with van der Waals surface area (Å²) in [6.45, 7) is 1.10. The first-order chi connectivity index (χ1) is 17.6. The number of fused-ring (bicyclic) bond motifs is 1. The predicted molar refractivity (Wildman–Crippen MR) is 132 cm³/mol. The Hall–Kier alpha value is -4.66. The van der Waals surface area contributed by atoms with Gasteiger partial charge in [-0.1, -0.05) is 18.2 Å². The van der Waals surface area contributed by atoms with E-state index in [1.807, 2.05) is 36.4 Å². The van der Waals surface area contributed by atoms with Gasteiger partial charge in [0.25, 0.3) is 5.91 Å². The summed E-state index contributed by atoms with van der Waals surface area (Å²) in [7, 11) is 1.54. The number of pyridine rings is 2. The van der Waals surface area contributed by atoms with Crippen molar-refractivity contribution in [3.63, 3.8) is 0 Å². The number of carbonyl (C=O) groups is 1. The van der Waals surface area contributed by atoms with Crippen LogP contribution < -0.4 is 24.8 Å².